The summed E-state index contributed by atoms with van der Waals surface area (Å²) in [6.07, 6.45) is 1.64. The summed E-state index contributed by atoms with van der Waals surface area (Å²) < 4.78 is 45.5. The molecular weight excluding hydrogens is 533 g/mol. The molecule has 214 valence electrons. The number of nitrogens with zero attached hydrogens (tertiary/aromatic N) is 2. The zero-order chi connectivity index (χ0) is 29.0. The van der Waals surface area contributed by atoms with Gasteiger partial charge in [-0.1, -0.05) is 72.8 Å². The summed E-state index contributed by atoms with van der Waals surface area (Å²) in [7, 11) is -3.78. The lowest BCUT2D eigenvalue weighted by molar-refractivity contribution is -0.141. The van der Waals surface area contributed by atoms with Crippen molar-refractivity contribution in [1.29, 1.82) is 0 Å². The highest BCUT2D eigenvalue weighted by molar-refractivity contribution is 7.88. The zero-order valence-electron chi connectivity index (χ0n) is 22.8. The molecule has 3 aromatic rings. The van der Waals surface area contributed by atoms with Gasteiger partial charge >= 0.3 is 0 Å². The maximum atomic E-state index is 13.9. The van der Waals surface area contributed by atoms with Crippen LogP contribution in [0.2, 0.25) is 0 Å². The Hall–Kier alpha value is -3.60. The summed E-state index contributed by atoms with van der Waals surface area (Å²) in [5.41, 5.74) is 1.88. The van der Waals surface area contributed by atoms with Crippen LogP contribution in [-0.2, 0) is 37.4 Å². The van der Waals surface area contributed by atoms with E-state index in [0.717, 1.165) is 16.1 Å². The van der Waals surface area contributed by atoms with Crippen LogP contribution in [0, 0.1) is 5.82 Å². The molecule has 0 radical (unpaired) electrons. The van der Waals surface area contributed by atoms with Crippen LogP contribution in [0.3, 0.4) is 0 Å². The summed E-state index contributed by atoms with van der Waals surface area (Å²) in [5, 5.41) is 2.89. The van der Waals surface area contributed by atoms with Gasteiger partial charge in [0.2, 0.25) is 21.8 Å². The number of hydrogen-bond acceptors (Lipinski definition) is 5. The van der Waals surface area contributed by atoms with Gasteiger partial charge in [0, 0.05) is 32.8 Å². The van der Waals surface area contributed by atoms with Crippen molar-refractivity contribution in [3.63, 3.8) is 0 Å². The van der Waals surface area contributed by atoms with Crippen LogP contribution in [0.25, 0.3) is 0 Å². The van der Waals surface area contributed by atoms with Crippen molar-refractivity contribution >= 4 is 21.8 Å². The van der Waals surface area contributed by atoms with E-state index in [4.69, 9.17) is 4.74 Å². The quantitative estimate of drug-likeness (QED) is 0.280. The van der Waals surface area contributed by atoms with Crippen molar-refractivity contribution in [1.82, 2.24) is 14.5 Å². The smallest absolute Gasteiger partial charge is 0.247 e. The second-order valence-electron chi connectivity index (χ2n) is 9.32. The fourth-order valence-electron chi connectivity index (χ4n) is 4.16. The van der Waals surface area contributed by atoms with Gasteiger partial charge in [-0.05, 0) is 42.2 Å². The molecule has 0 spiro atoms. The lowest BCUT2D eigenvalue weighted by Crippen LogP contribution is -2.48. The minimum atomic E-state index is -3.78. The van der Waals surface area contributed by atoms with Crippen LogP contribution in [0.1, 0.15) is 36.1 Å². The number of carbonyl (C=O) groups is 2. The number of amides is 2. The van der Waals surface area contributed by atoms with Crippen molar-refractivity contribution in [2.75, 3.05) is 32.6 Å². The largest absolute Gasteiger partial charge is 0.382 e. The third-order valence-corrected chi connectivity index (χ3v) is 7.41. The van der Waals surface area contributed by atoms with Crippen LogP contribution in [-0.4, -0.2) is 62.0 Å². The van der Waals surface area contributed by atoms with Crippen molar-refractivity contribution in [2.45, 2.75) is 32.5 Å². The Morgan fingerprint density at radius 3 is 2.10 bits per heavy atom. The van der Waals surface area contributed by atoms with E-state index in [1.54, 1.807) is 54.6 Å². The first-order chi connectivity index (χ1) is 19.2. The van der Waals surface area contributed by atoms with E-state index >= 15 is 0 Å². The van der Waals surface area contributed by atoms with E-state index in [-0.39, 0.29) is 13.1 Å². The topological polar surface area (TPSA) is 96.0 Å². The summed E-state index contributed by atoms with van der Waals surface area (Å²) in [4.78, 5) is 28.9. The monoisotopic (exact) mass is 569 g/mol. The number of carbonyl (C=O) groups excluding carboxylic acids is 2. The molecule has 0 aliphatic carbocycles. The Morgan fingerprint density at radius 2 is 1.50 bits per heavy atom. The van der Waals surface area contributed by atoms with Crippen molar-refractivity contribution in [3.8, 4) is 0 Å². The highest BCUT2D eigenvalue weighted by Gasteiger charge is 2.33. The SMILES string of the molecule is CCOCCCNC(=O)[C@H](c1ccccc1)N(Cc1ccc(F)cc1)C(=O)CN(Cc1ccccc1)S(C)(=O)=O. The number of halogens is 1. The van der Waals surface area contributed by atoms with Crippen LogP contribution in [0.15, 0.2) is 84.9 Å². The normalized spacial score (nSPS) is 12.2. The van der Waals surface area contributed by atoms with Crippen LogP contribution >= 0.6 is 0 Å². The molecule has 0 heterocycles. The van der Waals surface area contributed by atoms with Gasteiger partial charge in [-0.2, -0.15) is 4.31 Å². The van der Waals surface area contributed by atoms with E-state index in [0.29, 0.717) is 37.3 Å². The molecule has 40 heavy (non-hydrogen) atoms. The van der Waals surface area contributed by atoms with Crippen LogP contribution in [0.5, 0.6) is 0 Å². The molecule has 0 fully saturated rings. The predicted molar refractivity (Wildman–Crippen MR) is 152 cm³/mol. The second-order valence-corrected chi connectivity index (χ2v) is 11.3. The van der Waals surface area contributed by atoms with Gasteiger partial charge in [-0.3, -0.25) is 9.59 Å². The molecule has 3 aromatic carbocycles. The Morgan fingerprint density at radius 1 is 0.900 bits per heavy atom. The average molecular weight is 570 g/mol. The standard InChI is InChI=1S/C30H36FN3O5S/c1-3-39-20-10-19-32-30(36)29(26-13-8-5-9-14-26)34(22-25-15-17-27(31)18-16-25)28(35)23-33(40(2,37)38)21-24-11-6-4-7-12-24/h4-9,11-18,29H,3,10,19-23H2,1-2H3,(H,32,36)/t29-/m0/s1. The minimum Gasteiger partial charge on any atom is -0.382 e. The third-order valence-electron chi connectivity index (χ3n) is 6.21. The molecular formula is C30H36FN3O5S. The van der Waals surface area contributed by atoms with E-state index in [1.165, 1.54) is 29.2 Å². The number of benzene rings is 3. The highest BCUT2D eigenvalue weighted by Crippen LogP contribution is 2.25. The van der Waals surface area contributed by atoms with E-state index < -0.39 is 40.2 Å². The fraction of sp³-hybridized carbons (Fsp3) is 0.333. The predicted octanol–water partition coefficient (Wildman–Crippen LogP) is 3.90. The summed E-state index contributed by atoms with van der Waals surface area (Å²) in [6, 6.07) is 22.4. The molecule has 0 aliphatic rings. The van der Waals surface area contributed by atoms with Gasteiger partial charge in [0.05, 0.1) is 12.8 Å². The molecule has 3 rings (SSSR count). The van der Waals surface area contributed by atoms with Gasteiger partial charge in [0.25, 0.3) is 0 Å². The molecule has 0 aliphatic heterocycles. The summed E-state index contributed by atoms with van der Waals surface area (Å²) in [6.45, 7) is 2.76. The second kappa shape index (κ2) is 15.3. The number of nitrogens with one attached hydrogen (secondary N) is 1. The molecule has 0 bridgehead atoms. The lowest BCUT2D eigenvalue weighted by Gasteiger charge is -2.33. The Bertz CT molecular complexity index is 1320. The summed E-state index contributed by atoms with van der Waals surface area (Å²) >= 11 is 0. The Kier molecular flexibility index (Phi) is 11.8. The first-order valence-corrected chi connectivity index (χ1v) is 15.0. The van der Waals surface area contributed by atoms with Gasteiger partial charge < -0.3 is 15.0 Å². The molecule has 0 aromatic heterocycles. The average Bonchev–Trinajstić information content (AvgIpc) is 2.94. The molecule has 2 amide bonds. The van der Waals surface area contributed by atoms with Gasteiger partial charge in [0.15, 0.2) is 0 Å². The van der Waals surface area contributed by atoms with E-state index in [2.05, 4.69) is 5.32 Å². The molecule has 0 unspecified atom stereocenters. The Balaban J connectivity index is 1.96. The van der Waals surface area contributed by atoms with E-state index in [9.17, 15) is 22.4 Å². The molecule has 8 nitrogen and oxygen atoms in total. The third kappa shape index (κ3) is 9.55. The molecule has 10 heteroatoms. The Labute approximate surface area is 235 Å². The molecule has 1 atom stereocenters. The van der Waals surface area contributed by atoms with Crippen molar-refractivity contribution in [3.05, 3.63) is 107 Å². The molecule has 0 saturated heterocycles. The number of rotatable bonds is 15. The first-order valence-electron chi connectivity index (χ1n) is 13.1. The van der Waals surface area contributed by atoms with Crippen molar-refractivity contribution in [2.24, 2.45) is 0 Å². The number of sulfonamides is 1. The summed E-state index contributed by atoms with van der Waals surface area (Å²) in [5.74, 6) is -1.41. The van der Waals surface area contributed by atoms with Gasteiger partial charge in [0.1, 0.15) is 11.9 Å². The van der Waals surface area contributed by atoms with Crippen LogP contribution < -0.4 is 5.32 Å². The van der Waals surface area contributed by atoms with Gasteiger partial charge in [-0.25, -0.2) is 12.8 Å². The fourth-order valence-corrected chi connectivity index (χ4v) is 4.89. The minimum absolute atomic E-state index is 0.00453. The van der Waals surface area contributed by atoms with E-state index in [1.807, 2.05) is 13.0 Å². The first kappa shape index (κ1) is 30.9. The number of ether oxygens (including phenoxy) is 1. The maximum Gasteiger partial charge on any atom is 0.247 e. The highest BCUT2D eigenvalue weighted by atomic mass is 32.2. The maximum absolute atomic E-state index is 13.9. The number of hydrogen-bond donors (Lipinski definition) is 1. The molecule has 0 saturated carbocycles. The lowest BCUT2D eigenvalue weighted by atomic mass is 10.0. The van der Waals surface area contributed by atoms with Gasteiger partial charge in [-0.15, -0.1) is 0 Å². The van der Waals surface area contributed by atoms with Crippen LogP contribution in [0.4, 0.5) is 4.39 Å². The van der Waals surface area contributed by atoms with Crippen molar-refractivity contribution < 1.29 is 27.1 Å². The molecule has 1 N–H and O–H groups in total. The zero-order valence-corrected chi connectivity index (χ0v) is 23.6.